The Morgan fingerprint density at radius 2 is 2.10 bits per heavy atom. The Kier molecular flexibility index (Phi) is 4.82. The number of ether oxygens (including phenoxy) is 1. The summed E-state index contributed by atoms with van der Waals surface area (Å²) in [5.41, 5.74) is 1.40. The van der Waals surface area contributed by atoms with E-state index in [0.29, 0.717) is 11.0 Å². The van der Waals surface area contributed by atoms with Crippen molar-refractivity contribution in [3.63, 3.8) is 0 Å². The van der Waals surface area contributed by atoms with Crippen LogP contribution in [0.3, 0.4) is 0 Å². The Labute approximate surface area is 174 Å². The van der Waals surface area contributed by atoms with Gasteiger partial charge in [0, 0.05) is 11.6 Å². The lowest BCUT2D eigenvalue weighted by Crippen LogP contribution is -2.36. The van der Waals surface area contributed by atoms with Crippen LogP contribution in [0.15, 0.2) is 53.7 Å². The van der Waals surface area contributed by atoms with Crippen molar-refractivity contribution in [3.8, 4) is 0 Å². The molecule has 4 atom stereocenters. The van der Waals surface area contributed by atoms with Gasteiger partial charge in [-0.3, -0.25) is 13.6 Å². The second-order valence-electron chi connectivity index (χ2n) is 7.53. The number of fused-ring (bicyclic) bond motifs is 6. The molecular formula is C21H20N4O4S. The van der Waals surface area contributed by atoms with Crippen LogP contribution in [-0.4, -0.2) is 30.1 Å². The summed E-state index contributed by atoms with van der Waals surface area (Å²) >= 11 is 0. The van der Waals surface area contributed by atoms with Gasteiger partial charge in [-0.05, 0) is 24.5 Å². The van der Waals surface area contributed by atoms with Crippen LogP contribution in [-0.2, 0) is 22.1 Å². The topological polar surface area (TPSA) is 103 Å². The smallest absolute Gasteiger partial charge is 0.408 e. The number of carbonyl (C=O) groups excluding carboxylic acids is 1. The SMILES string of the molecule is O=C(NC1c2cc3cncnc3n(c2=O)C2CCCC2S1=O)OCc1ccccc1. The number of amides is 1. The zero-order valence-electron chi connectivity index (χ0n) is 16.1. The Balaban J connectivity index is 1.50. The number of benzene rings is 1. The average molecular weight is 424 g/mol. The first-order valence-corrected chi connectivity index (χ1v) is 11.1. The van der Waals surface area contributed by atoms with Crippen LogP contribution in [0.2, 0.25) is 0 Å². The van der Waals surface area contributed by atoms with Gasteiger partial charge in [-0.1, -0.05) is 36.8 Å². The summed E-state index contributed by atoms with van der Waals surface area (Å²) in [6, 6.07) is 10.7. The van der Waals surface area contributed by atoms with E-state index in [1.54, 1.807) is 16.8 Å². The molecule has 1 saturated carbocycles. The van der Waals surface area contributed by atoms with Crippen molar-refractivity contribution >= 4 is 27.9 Å². The van der Waals surface area contributed by atoms with E-state index in [9.17, 15) is 13.8 Å². The largest absolute Gasteiger partial charge is 0.445 e. The first-order valence-electron chi connectivity index (χ1n) is 9.85. The second-order valence-corrected chi connectivity index (χ2v) is 9.26. The standard InChI is InChI=1S/C21H20N4O4S/c26-20-15-9-14-10-22-12-23-18(14)25(20)16-7-4-8-17(16)30(28)19(15)24-21(27)29-11-13-5-2-1-3-6-13/h1-3,5-6,9-10,12,16-17,19H,4,7-8,11H2,(H,24,27). The summed E-state index contributed by atoms with van der Waals surface area (Å²) in [6.07, 6.45) is 4.69. The molecule has 0 radical (unpaired) electrons. The first-order chi connectivity index (χ1) is 14.6. The van der Waals surface area contributed by atoms with Gasteiger partial charge in [0.1, 0.15) is 24.0 Å². The van der Waals surface area contributed by atoms with Crippen molar-refractivity contribution in [3.05, 3.63) is 70.4 Å². The summed E-state index contributed by atoms with van der Waals surface area (Å²) < 4.78 is 20.4. The molecule has 2 aliphatic rings. The van der Waals surface area contributed by atoms with Crippen molar-refractivity contribution in [2.75, 3.05) is 0 Å². The molecule has 3 aromatic rings. The first kappa shape index (κ1) is 18.9. The molecule has 2 aromatic heterocycles. The average Bonchev–Trinajstić information content (AvgIpc) is 3.24. The lowest BCUT2D eigenvalue weighted by Gasteiger charge is -2.21. The minimum Gasteiger partial charge on any atom is -0.445 e. The monoisotopic (exact) mass is 424 g/mol. The van der Waals surface area contributed by atoms with Crippen LogP contribution < -0.4 is 10.9 Å². The number of hydrogen-bond acceptors (Lipinski definition) is 6. The third-order valence-electron chi connectivity index (χ3n) is 5.75. The summed E-state index contributed by atoms with van der Waals surface area (Å²) in [5.74, 6) is 0. The van der Waals surface area contributed by atoms with Crippen LogP contribution in [0.5, 0.6) is 0 Å². The molecule has 4 unspecified atom stereocenters. The fraction of sp³-hybridized carbons (Fsp3) is 0.333. The molecule has 9 heteroatoms. The quantitative estimate of drug-likeness (QED) is 0.693. The van der Waals surface area contributed by atoms with Crippen LogP contribution in [0.1, 0.15) is 41.8 Å². The lowest BCUT2D eigenvalue weighted by atomic mass is 10.1. The van der Waals surface area contributed by atoms with Gasteiger partial charge in [0.05, 0.1) is 27.7 Å². The summed E-state index contributed by atoms with van der Waals surface area (Å²) in [7, 11) is -1.48. The van der Waals surface area contributed by atoms with E-state index in [0.717, 1.165) is 24.8 Å². The molecule has 8 nitrogen and oxygen atoms in total. The van der Waals surface area contributed by atoms with Gasteiger partial charge in [-0.15, -0.1) is 0 Å². The maximum atomic E-state index is 13.5. The van der Waals surface area contributed by atoms with Gasteiger partial charge in [0.25, 0.3) is 5.56 Å². The minimum atomic E-state index is -1.48. The maximum Gasteiger partial charge on any atom is 0.408 e. The highest BCUT2D eigenvalue weighted by atomic mass is 32.2. The summed E-state index contributed by atoms with van der Waals surface area (Å²) in [4.78, 5) is 34.2. The zero-order chi connectivity index (χ0) is 20.7. The zero-order valence-corrected chi connectivity index (χ0v) is 16.9. The summed E-state index contributed by atoms with van der Waals surface area (Å²) in [6.45, 7) is 0.0911. The fourth-order valence-corrected chi connectivity index (χ4v) is 6.32. The molecule has 0 spiro atoms. The number of nitrogens with zero attached hydrogens (tertiary/aromatic N) is 3. The van der Waals surface area contributed by atoms with Crippen LogP contribution >= 0.6 is 0 Å². The number of alkyl carbamates (subject to hydrolysis) is 1. The van der Waals surface area contributed by atoms with E-state index >= 15 is 0 Å². The van der Waals surface area contributed by atoms with Gasteiger partial charge in [0.2, 0.25) is 0 Å². The molecule has 3 heterocycles. The van der Waals surface area contributed by atoms with E-state index in [1.807, 2.05) is 30.3 Å². The Hall–Kier alpha value is -3.07. The van der Waals surface area contributed by atoms with Crippen LogP contribution in [0.4, 0.5) is 4.79 Å². The molecule has 1 amide bonds. The Morgan fingerprint density at radius 3 is 2.93 bits per heavy atom. The number of aromatic nitrogens is 3. The summed E-state index contributed by atoms with van der Waals surface area (Å²) in [5, 5.41) is 2.20. The molecule has 1 aliphatic carbocycles. The van der Waals surface area contributed by atoms with Gasteiger partial charge in [-0.25, -0.2) is 14.8 Å². The lowest BCUT2D eigenvalue weighted by molar-refractivity contribution is 0.138. The third kappa shape index (κ3) is 3.19. The predicted molar refractivity (Wildman–Crippen MR) is 111 cm³/mol. The highest BCUT2D eigenvalue weighted by Gasteiger charge is 2.43. The van der Waals surface area contributed by atoms with Crippen molar-refractivity contribution in [1.29, 1.82) is 0 Å². The number of pyridine rings is 1. The molecule has 154 valence electrons. The van der Waals surface area contributed by atoms with Crippen molar-refractivity contribution in [2.45, 2.75) is 42.5 Å². The van der Waals surface area contributed by atoms with Crippen molar-refractivity contribution in [1.82, 2.24) is 19.9 Å². The van der Waals surface area contributed by atoms with E-state index in [1.165, 1.54) is 6.33 Å². The molecule has 2 bridgehead atoms. The van der Waals surface area contributed by atoms with Gasteiger partial charge >= 0.3 is 6.09 Å². The van der Waals surface area contributed by atoms with E-state index in [2.05, 4.69) is 15.3 Å². The minimum absolute atomic E-state index is 0.0911. The second kappa shape index (κ2) is 7.64. The van der Waals surface area contributed by atoms with E-state index in [-0.39, 0.29) is 29.0 Å². The Bertz CT molecular complexity index is 1200. The van der Waals surface area contributed by atoms with Crippen LogP contribution in [0.25, 0.3) is 11.0 Å². The number of hydrogen-bond donors (Lipinski definition) is 1. The molecule has 1 fully saturated rings. The Morgan fingerprint density at radius 1 is 1.27 bits per heavy atom. The van der Waals surface area contributed by atoms with Crippen LogP contribution in [0, 0.1) is 0 Å². The molecule has 1 aliphatic heterocycles. The van der Waals surface area contributed by atoms with Crippen molar-refractivity contribution < 1.29 is 13.7 Å². The maximum absolute atomic E-state index is 13.5. The third-order valence-corrected chi connectivity index (χ3v) is 7.73. The highest BCUT2D eigenvalue weighted by Crippen LogP contribution is 2.40. The number of carbonyl (C=O) groups is 1. The van der Waals surface area contributed by atoms with Gasteiger partial charge in [0.15, 0.2) is 0 Å². The fourth-order valence-electron chi connectivity index (χ4n) is 4.38. The number of nitrogens with one attached hydrogen (secondary N) is 1. The van der Waals surface area contributed by atoms with E-state index in [4.69, 9.17) is 4.74 Å². The van der Waals surface area contributed by atoms with E-state index < -0.39 is 22.3 Å². The molecule has 1 aromatic carbocycles. The number of rotatable bonds is 3. The molecule has 0 saturated heterocycles. The molecular weight excluding hydrogens is 404 g/mol. The van der Waals surface area contributed by atoms with Crippen molar-refractivity contribution in [2.24, 2.45) is 0 Å². The van der Waals surface area contributed by atoms with Gasteiger partial charge < -0.3 is 10.1 Å². The predicted octanol–water partition coefficient (Wildman–Crippen LogP) is 2.57. The molecule has 1 N–H and O–H groups in total. The molecule has 5 rings (SSSR count). The highest BCUT2D eigenvalue weighted by molar-refractivity contribution is 7.86. The normalized spacial score (nSPS) is 24.8. The molecule has 30 heavy (non-hydrogen) atoms. The van der Waals surface area contributed by atoms with Gasteiger partial charge in [-0.2, -0.15) is 0 Å².